The molecule has 1 aromatic carbocycles. The predicted octanol–water partition coefficient (Wildman–Crippen LogP) is 3.67. The smallest absolute Gasteiger partial charge is 0.0487 e. The van der Waals surface area contributed by atoms with Crippen LogP contribution in [0.3, 0.4) is 0 Å². The topological polar surface area (TPSA) is 4.93 Å². The number of hydrogen-bond acceptors (Lipinski definition) is 0. The molecule has 0 fully saturated rings. The van der Waals surface area contributed by atoms with Gasteiger partial charge in [-0.25, -0.2) is 0 Å². The molecule has 2 heteroatoms. The van der Waals surface area contributed by atoms with Crippen LogP contribution in [0, 0.1) is 6.07 Å². The number of aromatic nitrogens is 1. The Morgan fingerprint density at radius 1 is 1.50 bits per heavy atom. The van der Waals surface area contributed by atoms with Crippen molar-refractivity contribution in [2.45, 2.75) is 13.0 Å². The Labute approximate surface area is 88.6 Å². The molecule has 0 unspecified atom stereocenters. The van der Waals surface area contributed by atoms with Crippen LogP contribution in [0.1, 0.15) is 6.42 Å². The molecule has 71 valence electrons. The molecular weight excluding hydrogens is 194 g/mol. The van der Waals surface area contributed by atoms with E-state index in [4.69, 9.17) is 11.6 Å². The third-order valence-corrected chi connectivity index (χ3v) is 2.45. The molecule has 0 amide bonds. The highest BCUT2D eigenvalue weighted by molar-refractivity contribution is 6.31. The largest absolute Gasteiger partial charge is 0.347 e. The molecule has 2 aromatic rings. The average Bonchev–Trinajstić information content (AvgIpc) is 2.57. The van der Waals surface area contributed by atoms with E-state index < -0.39 is 0 Å². The summed E-state index contributed by atoms with van der Waals surface area (Å²) in [5.41, 5.74) is 1.18. The first-order valence-corrected chi connectivity index (χ1v) is 4.96. The Morgan fingerprint density at radius 3 is 3.14 bits per heavy atom. The molecule has 0 aliphatic rings. The second kappa shape index (κ2) is 3.89. The molecule has 0 aliphatic heterocycles. The molecule has 0 atom stereocenters. The fraction of sp³-hybridized carbons (Fsp3) is 0.167. The first-order chi connectivity index (χ1) is 6.81. The molecule has 1 radical (unpaired) electrons. The van der Waals surface area contributed by atoms with Crippen LogP contribution in [-0.2, 0) is 6.54 Å². The summed E-state index contributed by atoms with van der Waals surface area (Å²) in [6, 6.07) is 9.04. The van der Waals surface area contributed by atoms with Gasteiger partial charge in [-0.3, -0.25) is 0 Å². The zero-order valence-electron chi connectivity index (χ0n) is 7.83. The van der Waals surface area contributed by atoms with Crippen molar-refractivity contribution in [3.8, 4) is 0 Å². The van der Waals surface area contributed by atoms with Crippen LogP contribution < -0.4 is 0 Å². The van der Waals surface area contributed by atoms with Gasteiger partial charge in [-0.15, -0.1) is 6.58 Å². The molecule has 0 aliphatic carbocycles. The van der Waals surface area contributed by atoms with Crippen molar-refractivity contribution in [3.63, 3.8) is 0 Å². The summed E-state index contributed by atoms with van der Waals surface area (Å²) in [4.78, 5) is 0. The highest BCUT2D eigenvalue weighted by Crippen LogP contribution is 2.20. The number of hydrogen-bond donors (Lipinski definition) is 0. The maximum absolute atomic E-state index is 5.89. The molecule has 2 rings (SSSR count). The van der Waals surface area contributed by atoms with E-state index >= 15 is 0 Å². The van der Waals surface area contributed by atoms with Crippen molar-refractivity contribution in [2.24, 2.45) is 0 Å². The van der Waals surface area contributed by atoms with Gasteiger partial charge >= 0.3 is 0 Å². The highest BCUT2D eigenvalue weighted by atomic mass is 35.5. The van der Waals surface area contributed by atoms with Crippen molar-refractivity contribution in [3.05, 3.63) is 48.1 Å². The van der Waals surface area contributed by atoms with Gasteiger partial charge in [-0.1, -0.05) is 17.7 Å². The molecule has 0 saturated carbocycles. The van der Waals surface area contributed by atoms with Gasteiger partial charge < -0.3 is 4.57 Å². The zero-order chi connectivity index (χ0) is 9.97. The Balaban J connectivity index is 2.42. The minimum atomic E-state index is 0.759. The molecule has 1 heterocycles. The van der Waals surface area contributed by atoms with Gasteiger partial charge in [0.15, 0.2) is 0 Å². The van der Waals surface area contributed by atoms with Crippen molar-refractivity contribution in [1.29, 1.82) is 0 Å². The van der Waals surface area contributed by atoms with Gasteiger partial charge in [0, 0.05) is 34.7 Å². The third-order valence-electron chi connectivity index (χ3n) is 2.22. The summed E-state index contributed by atoms with van der Waals surface area (Å²) < 4.78 is 2.16. The number of nitrogens with zero attached hydrogens (tertiary/aromatic N) is 1. The van der Waals surface area contributed by atoms with E-state index in [9.17, 15) is 0 Å². The molecule has 14 heavy (non-hydrogen) atoms. The van der Waals surface area contributed by atoms with E-state index in [1.807, 2.05) is 30.5 Å². The quantitative estimate of drug-likeness (QED) is 0.673. The van der Waals surface area contributed by atoms with E-state index in [1.165, 1.54) is 5.52 Å². The van der Waals surface area contributed by atoms with Gasteiger partial charge in [-0.2, -0.15) is 0 Å². The van der Waals surface area contributed by atoms with E-state index in [2.05, 4.69) is 17.2 Å². The van der Waals surface area contributed by atoms with Crippen molar-refractivity contribution >= 4 is 22.5 Å². The fourth-order valence-electron chi connectivity index (χ4n) is 1.51. The molecule has 0 spiro atoms. The fourth-order valence-corrected chi connectivity index (χ4v) is 1.68. The van der Waals surface area contributed by atoms with Crippen LogP contribution in [0.4, 0.5) is 0 Å². The van der Waals surface area contributed by atoms with Crippen LogP contribution in [-0.4, -0.2) is 4.57 Å². The van der Waals surface area contributed by atoms with Crippen LogP contribution in [0.5, 0.6) is 0 Å². The monoisotopic (exact) mass is 204 g/mol. The Kier molecular flexibility index (Phi) is 2.60. The lowest BCUT2D eigenvalue weighted by atomic mass is 10.2. The van der Waals surface area contributed by atoms with Gasteiger partial charge in [0.2, 0.25) is 0 Å². The Hall–Kier alpha value is -1.21. The van der Waals surface area contributed by atoms with Crippen molar-refractivity contribution in [1.82, 2.24) is 4.57 Å². The molecule has 0 bridgehead atoms. The zero-order valence-corrected chi connectivity index (χ0v) is 8.59. The predicted molar refractivity (Wildman–Crippen MR) is 60.6 cm³/mol. The SMILES string of the molecule is C=CCCn1c[c]c2cc(Cl)ccc21. The number of allylic oxidation sites excluding steroid dienone is 1. The standard InChI is InChI=1S/C12H11ClN/c1-2-3-7-14-8-6-10-9-11(13)4-5-12(10)14/h2,4-5,8-9H,1,3,7H2. The average molecular weight is 205 g/mol. The first kappa shape index (κ1) is 9.35. The molecule has 1 aromatic heterocycles. The number of aryl methyl sites for hydroxylation is 1. The minimum Gasteiger partial charge on any atom is -0.347 e. The van der Waals surface area contributed by atoms with Crippen molar-refractivity contribution in [2.75, 3.05) is 0 Å². The lowest BCUT2D eigenvalue weighted by Gasteiger charge is -2.02. The number of fused-ring (bicyclic) bond motifs is 1. The molecule has 0 N–H and O–H groups in total. The summed E-state index contributed by atoms with van der Waals surface area (Å²) in [7, 11) is 0. The lowest BCUT2D eigenvalue weighted by molar-refractivity contribution is 0.739. The van der Waals surface area contributed by atoms with Crippen LogP contribution in [0.2, 0.25) is 5.02 Å². The van der Waals surface area contributed by atoms with Crippen LogP contribution in [0.25, 0.3) is 10.9 Å². The second-order valence-electron chi connectivity index (χ2n) is 3.21. The lowest BCUT2D eigenvalue weighted by Crippen LogP contribution is -1.93. The number of benzene rings is 1. The van der Waals surface area contributed by atoms with Gasteiger partial charge in [0.05, 0.1) is 0 Å². The normalized spacial score (nSPS) is 10.6. The van der Waals surface area contributed by atoms with E-state index in [-0.39, 0.29) is 0 Å². The third kappa shape index (κ3) is 1.68. The van der Waals surface area contributed by atoms with Crippen molar-refractivity contribution < 1.29 is 0 Å². The number of halogens is 1. The highest BCUT2D eigenvalue weighted by Gasteiger charge is 2.00. The van der Waals surface area contributed by atoms with Crippen LogP contribution >= 0.6 is 11.6 Å². The van der Waals surface area contributed by atoms with E-state index in [1.54, 1.807) is 0 Å². The molecular formula is C12H11ClN. The molecule has 0 saturated heterocycles. The van der Waals surface area contributed by atoms with Gasteiger partial charge in [0.1, 0.15) is 0 Å². The summed E-state index contributed by atoms with van der Waals surface area (Å²) >= 11 is 5.89. The number of rotatable bonds is 3. The summed E-state index contributed by atoms with van der Waals surface area (Å²) in [6.45, 7) is 4.66. The van der Waals surface area contributed by atoms with E-state index in [0.29, 0.717) is 0 Å². The van der Waals surface area contributed by atoms with Crippen LogP contribution in [0.15, 0.2) is 37.1 Å². The van der Waals surface area contributed by atoms with Gasteiger partial charge in [-0.05, 0) is 24.6 Å². The minimum absolute atomic E-state index is 0.759. The summed E-state index contributed by atoms with van der Waals surface area (Å²) in [5, 5.41) is 1.83. The maximum atomic E-state index is 5.89. The summed E-state index contributed by atoms with van der Waals surface area (Å²) in [6.07, 6.45) is 4.85. The van der Waals surface area contributed by atoms with E-state index in [0.717, 1.165) is 23.4 Å². The Bertz CT molecular complexity index is 456. The summed E-state index contributed by atoms with van der Waals surface area (Å²) in [5.74, 6) is 0. The first-order valence-electron chi connectivity index (χ1n) is 4.58. The second-order valence-corrected chi connectivity index (χ2v) is 3.64. The maximum Gasteiger partial charge on any atom is 0.0487 e. The van der Waals surface area contributed by atoms with Gasteiger partial charge in [0.25, 0.3) is 0 Å². The molecule has 1 nitrogen and oxygen atoms in total. The Morgan fingerprint density at radius 2 is 2.36 bits per heavy atom.